The van der Waals surface area contributed by atoms with Gasteiger partial charge in [-0.25, -0.2) is 4.79 Å². The van der Waals surface area contributed by atoms with E-state index in [0.717, 1.165) is 19.3 Å². The molecule has 5 nitrogen and oxygen atoms in total. The van der Waals surface area contributed by atoms with Gasteiger partial charge in [0, 0.05) is 5.69 Å². The van der Waals surface area contributed by atoms with Crippen LogP contribution in [0.3, 0.4) is 0 Å². The number of carbonyl (C=O) groups is 2. The number of carboxylic acid groups (broad SMARTS) is 1. The Balaban J connectivity index is 2.19. The topological polar surface area (TPSA) is 92.4 Å². The van der Waals surface area contributed by atoms with Crippen LogP contribution in [0.2, 0.25) is 0 Å². The van der Waals surface area contributed by atoms with Gasteiger partial charge in [0.25, 0.3) is 0 Å². The van der Waals surface area contributed by atoms with Gasteiger partial charge in [0.05, 0.1) is 11.1 Å². The van der Waals surface area contributed by atoms with Gasteiger partial charge in [-0.2, -0.15) is 0 Å². The first-order valence-corrected chi connectivity index (χ1v) is 6.87. The number of hydrogen-bond acceptors (Lipinski definition) is 3. The van der Waals surface area contributed by atoms with E-state index in [0.29, 0.717) is 24.1 Å². The Bertz CT molecular complexity index is 534. The third-order valence-corrected chi connectivity index (χ3v) is 4.01. The molecular formula is C15H20N2O3. The van der Waals surface area contributed by atoms with Crippen molar-refractivity contribution < 1.29 is 14.7 Å². The SMILES string of the molecule is Cc1c(NC(=O)C2(N)CCCCC2)cccc1C(=O)O. The van der Waals surface area contributed by atoms with Crippen molar-refractivity contribution >= 4 is 17.6 Å². The molecule has 0 unspecified atom stereocenters. The highest BCUT2D eigenvalue weighted by molar-refractivity contribution is 6.00. The molecule has 1 aliphatic rings. The summed E-state index contributed by atoms with van der Waals surface area (Å²) in [5, 5.41) is 11.9. The molecule has 1 amide bonds. The molecule has 0 bridgehead atoms. The van der Waals surface area contributed by atoms with Gasteiger partial charge < -0.3 is 16.2 Å². The van der Waals surface area contributed by atoms with Crippen LogP contribution in [-0.4, -0.2) is 22.5 Å². The molecule has 20 heavy (non-hydrogen) atoms. The maximum absolute atomic E-state index is 12.3. The lowest BCUT2D eigenvalue weighted by molar-refractivity contribution is -0.122. The zero-order chi connectivity index (χ0) is 14.8. The summed E-state index contributed by atoms with van der Waals surface area (Å²) in [6.07, 6.45) is 4.38. The maximum Gasteiger partial charge on any atom is 0.336 e. The number of benzene rings is 1. The van der Waals surface area contributed by atoms with Crippen LogP contribution >= 0.6 is 0 Å². The van der Waals surface area contributed by atoms with Crippen LogP contribution in [0.1, 0.15) is 48.0 Å². The van der Waals surface area contributed by atoms with E-state index in [1.54, 1.807) is 19.1 Å². The van der Waals surface area contributed by atoms with Gasteiger partial charge in [0.1, 0.15) is 0 Å². The number of rotatable bonds is 3. The Morgan fingerprint density at radius 1 is 1.25 bits per heavy atom. The predicted octanol–water partition coefficient (Wildman–Crippen LogP) is 2.29. The molecular weight excluding hydrogens is 256 g/mol. The summed E-state index contributed by atoms with van der Waals surface area (Å²) in [6.45, 7) is 1.68. The lowest BCUT2D eigenvalue weighted by Gasteiger charge is -2.32. The first-order chi connectivity index (χ1) is 9.44. The summed E-state index contributed by atoms with van der Waals surface area (Å²) >= 11 is 0. The Hall–Kier alpha value is -1.88. The molecule has 1 aromatic rings. The molecule has 0 heterocycles. The van der Waals surface area contributed by atoms with Crippen molar-refractivity contribution in [3.8, 4) is 0 Å². The van der Waals surface area contributed by atoms with Crippen LogP contribution in [-0.2, 0) is 4.79 Å². The predicted molar refractivity (Wildman–Crippen MR) is 76.8 cm³/mol. The zero-order valence-corrected chi connectivity index (χ0v) is 11.6. The van der Waals surface area contributed by atoms with Crippen molar-refractivity contribution in [1.29, 1.82) is 0 Å². The third-order valence-electron chi connectivity index (χ3n) is 4.01. The molecule has 1 aromatic carbocycles. The van der Waals surface area contributed by atoms with Crippen LogP contribution in [0.25, 0.3) is 0 Å². The standard InChI is InChI=1S/C15H20N2O3/c1-10-11(13(18)19)6-5-7-12(10)17-14(20)15(16)8-3-2-4-9-15/h5-7H,2-4,8-9,16H2,1H3,(H,17,20)(H,18,19). The number of hydrogen-bond donors (Lipinski definition) is 3. The number of nitrogens with one attached hydrogen (secondary N) is 1. The van der Waals surface area contributed by atoms with Crippen molar-refractivity contribution in [3.63, 3.8) is 0 Å². The Morgan fingerprint density at radius 3 is 2.50 bits per heavy atom. The van der Waals surface area contributed by atoms with Crippen LogP contribution in [0.5, 0.6) is 0 Å². The molecule has 1 aliphatic carbocycles. The molecule has 0 saturated heterocycles. The highest BCUT2D eigenvalue weighted by Gasteiger charge is 2.35. The monoisotopic (exact) mass is 276 g/mol. The summed E-state index contributed by atoms with van der Waals surface area (Å²) in [5.41, 5.74) is 6.60. The average molecular weight is 276 g/mol. The van der Waals surface area contributed by atoms with Crippen LogP contribution in [0, 0.1) is 6.92 Å². The second-order valence-corrected chi connectivity index (χ2v) is 5.45. The largest absolute Gasteiger partial charge is 0.478 e. The molecule has 0 radical (unpaired) electrons. The van der Waals surface area contributed by atoms with Crippen molar-refractivity contribution in [2.24, 2.45) is 5.73 Å². The molecule has 0 aliphatic heterocycles. The summed E-state index contributed by atoms with van der Waals surface area (Å²) in [6, 6.07) is 4.84. The van der Waals surface area contributed by atoms with Crippen LogP contribution in [0.4, 0.5) is 5.69 Å². The highest BCUT2D eigenvalue weighted by Crippen LogP contribution is 2.28. The van der Waals surface area contributed by atoms with E-state index in [9.17, 15) is 9.59 Å². The first kappa shape index (κ1) is 14.5. The smallest absolute Gasteiger partial charge is 0.336 e. The molecule has 1 saturated carbocycles. The van der Waals surface area contributed by atoms with Crippen molar-refractivity contribution in [2.45, 2.75) is 44.6 Å². The molecule has 4 N–H and O–H groups in total. The van der Waals surface area contributed by atoms with Gasteiger partial charge in [-0.3, -0.25) is 4.79 Å². The van der Waals surface area contributed by atoms with E-state index in [4.69, 9.17) is 10.8 Å². The minimum absolute atomic E-state index is 0.192. The fourth-order valence-corrected chi connectivity index (χ4v) is 2.66. The van der Waals surface area contributed by atoms with Gasteiger partial charge >= 0.3 is 5.97 Å². The molecule has 1 fully saturated rings. The quantitative estimate of drug-likeness (QED) is 0.789. The lowest BCUT2D eigenvalue weighted by Crippen LogP contribution is -2.52. The fraction of sp³-hybridized carbons (Fsp3) is 0.467. The third kappa shape index (κ3) is 2.82. The Labute approximate surface area is 118 Å². The fourth-order valence-electron chi connectivity index (χ4n) is 2.66. The molecule has 0 spiro atoms. The molecule has 0 aromatic heterocycles. The normalized spacial score (nSPS) is 17.5. The van der Waals surface area contributed by atoms with Gasteiger partial charge in [-0.05, 0) is 37.5 Å². The maximum atomic E-state index is 12.3. The minimum atomic E-state index is -1.00. The summed E-state index contributed by atoms with van der Waals surface area (Å²) in [7, 11) is 0. The summed E-state index contributed by atoms with van der Waals surface area (Å²) in [4.78, 5) is 23.4. The van der Waals surface area contributed by atoms with E-state index < -0.39 is 11.5 Å². The number of carboxylic acids is 1. The Morgan fingerprint density at radius 2 is 1.90 bits per heavy atom. The number of amides is 1. The average Bonchev–Trinajstić information content (AvgIpc) is 2.41. The lowest BCUT2D eigenvalue weighted by atomic mass is 9.82. The van der Waals surface area contributed by atoms with Crippen molar-refractivity contribution in [1.82, 2.24) is 0 Å². The zero-order valence-electron chi connectivity index (χ0n) is 11.6. The van der Waals surface area contributed by atoms with E-state index in [2.05, 4.69) is 5.32 Å². The van der Waals surface area contributed by atoms with E-state index >= 15 is 0 Å². The van der Waals surface area contributed by atoms with Gasteiger partial charge in [-0.15, -0.1) is 0 Å². The molecule has 2 rings (SSSR count). The van der Waals surface area contributed by atoms with Crippen LogP contribution < -0.4 is 11.1 Å². The number of carbonyl (C=O) groups excluding carboxylic acids is 1. The van der Waals surface area contributed by atoms with E-state index in [1.807, 2.05) is 0 Å². The summed E-state index contributed by atoms with van der Waals surface area (Å²) in [5.74, 6) is -1.22. The van der Waals surface area contributed by atoms with E-state index in [1.165, 1.54) is 6.07 Å². The van der Waals surface area contributed by atoms with E-state index in [-0.39, 0.29) is 11.5 Å². The van der Waals surface area contributed by atoms with Gasteiger partial charge in [-0.1, -0.05) is 25.3 Å². The van der Waals surface area contributed by atoms with Crippen molar-refractivity contribution in [2.75, 3.05) is 5.32 Å². The summed E-state index contributed by atoms with van der Waals surface area (Å²) < 4.78 is 0. The molecule has 0 atom stereocenters. The highest BCUT2D eigenvalue weighted by atomic mass is 16.4. The minimum Gasteiger partial charge on any atom is -0.478 e. The van der Waals surface area contributed by atoms with Crippen molar-refractivity contribution in [3.05, 3.63) is 29.3 Å². The second-order valence-electron chi connectivity index (χ2n) is 5.45. The number of aromatic carboxylic acids is 1. The van der Waals surface area contributed by atoms with Gasteiger partial charge in [0.15, 0.2) is 0 Å². The second kappa shape index (κ2) is 5.63. The Kier molecular flexibility index (Phi) is 4.09. The van der Waals surface area contributed by atoms with Crippen LogP contribution in [0.15, 0.2) is 18.2 Å². The molecule has 108 valence electrons. The first-order valence-electron chi connectivity index (χ1n) is 6.87. The number of anilines is 1. The molecule has 5 heteroatoms. The van der Waals surface area contributed by atoms with Gasteiger partial charge in [0.2, 0.25) is 5.91 Å². The number of nitrogens with two attached hydrogens (primary N) is 1.